The minimum atomic E-state index is -0.490. The molecule has 0 aliphatic carbocycles. The van der Waals surface area contributed by atoms with E-state index in [0.717, 1.165) is 39.1 Å². The van der Waals surface area contributed by atoms with Crippen LogP contribution in [0.2, 0.25) is 0 Å². The van der Waals surface area contributed by atoms with Gasteiger partial charge in [-0.15, -0.1) is 0 Å². The van der Waals surface area contributed by atoms with Crippen LogP contribution in [-0.2, 0) is 4.79 Å². The van der Waals surface area contributed by atoms with Gasteiger partial charge < -0.3 is 20.7 Å². The molecule has 0 radical (unpaired) electrons. The molecule has 7 nitrogen and oxygen atoms in total. The third-order valence-corrected chi connectivity index (χ3v) is 4.98. The van der Waals surface area contributed by atoms with Crippen LogP contribution in [-0.4, -0.2) is 62.6 Å². The first-order valence-electron chi connectivity index (χ1n) is 9.93. The van der Waals surface area contributed by atoms with E-state index in [0.29, 0.717) is 17.9 Å². The van der Waals surface area contributed by atoms with Crippen molar-refractivity contribution in [3.05, 3.63) is 60.2 Å². The number of carbonyl (C=O) groups is 2. The SMILES string of the molecule is NC(=O)c1ccc(OCC(=O)NCCCN2CCN(c3ccccc3)CC2)cc1. The third-order valence-electron chi connectivity index (χ3n) is 4.98. The van der Waals surface area contributed by atoms with Crippen LogP contribution in [0.15, 0.2) is 54.6 Å². The molecule has 2 amide bonds. The lowest BCUT2D eigenvalue weighted by Crippen LogP contribution is -2.47. The van der Waals surface area contributed by atoms with E-state index >= 15 is 0 Å². The van der Waals surface area contributed by atoms with Crippen LogP contribution >= 0.6 is 0 Å². The summed E-state index contributed by atoms with van der Waals surface area (Å²) in [6.07, 6.45) is 0.907. The number of hydrogen-bond donors (Lipinski definition) is 2. The third kappa shape index (κ3) is 6.50. The van der Waals surface area contributed by atoms with Gasteiger partial charge in [0.1, 0.15) is 5.75 Å². The number of benzene rings is 2. The zero-order valence-electron chi connectivity index (χ0n) is 16.5. The number of amides is 2. The van der Waals surface area contributed by atoms with E-state index in [1.165, 1.54) is 5.69 Å². The topological polar surface area (TPSA) is 87.9 Å². The van der Waals surface area contributed by atoms with Crippen molar-refractivity contribution in [1.29, 1.82) is 0 Å². The summed E-state index contributed by atoms with van der Waals surface area (Å²) in [6, 6.07) is 16.9. The molecular weight excluding hydrogens is 368 g/mol. The highest BCUT2D eigenvalue weighted by Gasteiger charge is 2.16. The Kier molecular flexibility index (Phi) is 7.47. The van der Waals surface area contributed by atoms with E-state index in [1.807, 2.05) is 6.07 Å². The molecule has 1 aliphatic heterocycles. The van der Waals surface area contributed by atoms with E-state index < -0.39 is 5.91 Å². The Bertz CT molecular complexity index is 787. The average molecular weight is 396 g/mol. The molecule has 0 spiro atoms. The summed E-state index contributed by atoms with van der Waals surface area (Å²) in [5.41, 5.74) is 6.88. The quantitative estimate of drug-likeness (QED) is 0.627. The number of nitrogens with two attached hydrogens (primary N) is 1. The minimum absolute atomic E-state index is 0.0499. The van der Waals surface area contributed by atoms with Crippen molar-refractivity contribution in [1.82, 2.24) is 10.2 Å². The fourth-order valence-electron chi connectivity index (χ4n) is 3.31. The first-order chi connectivity index (χ1) is 14.1. The zero-order chi connectivity index (χ0) is 20.5. The molecule has 1 aliphatic rings. The number of rotatable bonds is 9. The first kappa shape index (κ1) is 20.7. The standard InChI is InChI=1S/C22H28N4O3/c23-22(28)18-7-9-20(10-8-18)29-17-21(27)24-11-4-12-25-13-15-26(16-14-25)19-5-2-1-3-6-19/h1-3,5-10H,4,11-17H2,(H2,23,28)(H,24,27). The molecule has 0 unspecified atom stereocenters. The van der Waals surface area contributed by atoms with Gasteiger partial charge in [-0.25, -0.2) is 0 Å². The molecule has 0 saturated carbocycles. The van der Waals surface area contributed by atoms with Crippen molar-refractivity contribution < 1.29 is 14.3 Å². The van der Waals surface area contributed by atoms with Gasteiger partial charge >= 0.3 is 0 Å². The number of piperazine rings is 1. The summed E-state index contributed by atoms with van der Waals surface area (Å²) in [4.78, 5) is 27.8. The molecule has 2 aromatic rings. The number of ether oxygens (including phenoxy) is 1. The highest BCUT2D eigenvalue weighted by atomic mass is 16.5. The maximum atomic E-state index is 11.9. The molecule has 0 bridgehead atoms. The van der Waals surface area contributed by atoms with E-state index in [4.69, 9.17) is 10.5 Å². The largest absolute Gasteiger partial charge is 0.484 e. The fraction of sp³-hybridized carbons (Fsp3) is 0.364. The second-order valence-electron chi connectivity index (χ2n) is 7.05. The van der Waals surface area contributed by atoms with Crippen LogP contribution in [0.3, 0.4) is 0 Å². The van der Waals surface area contributed by atoms with Gasteiger partial charge in [0.05, 0.1) is 0 Å². The van der Waals surface area contributed by atoms with Crippen molar-refractivity contribution in [2.75, 3.05) is 50.8 Å². The highest BCUT2D eigenvalue weighted by molar-refractivity contribution is 5.92. The predicted molar refractivity (Wildman–Crippen MR) is 113 cm³/mol. The normalized spacial score (nSPS) is 14.4. The van der Waals surface area contributed by atoms with Gasteiger partial charge in [-0.2, -0.15) is 0 Å². The molecule has 154 valence electrons. The second kappa shape index (κ2) is 10.5. The van der Waals surface area contributed by atoms with Gasteiger partial charge in [0, 0.05) is 44.0 Å². The molecule has 1 fully saturated rings. The average Bonchev–Trinajstić information content (AvgIpc) is 2.76. The maximum absolute atomic E-state index is 11.9. The van der Waals surface area contributed by atoms with Crippen LogP contribution in [0.4, 0.5) is 5.69 Å². The monoisotopic (exact) mass is 396 g/mol. The molecular formula is C22H28N4O3. The number of anilines is 1. The summed E-state index contributed by atoms with van der Waals surface area (Å²) in [6.45, 7) is 5.67. The van der Waals surface area contributed by atoms with Crippen LogP contribution in [0.5, 0.6) is 5.75 Å². The van der Waals surface area contributed by atoms with Crippen LogP contribution in [0.1, 0.15) is 16.8 Å². The lowest BCUT2D eigenvalue weighted by Gasteiger charge is -2.36. The molecule has 3 rings (SSSR count). The molecule has 0 atom stereocenters. The highest BCUT2D eigenvalue weighted by Crippen LogP contribution is 2.15. The Labute approximate surface area is 171 Å². The molecule has 2 aromatic carbocycles. The molecule has 29 heavy (non-hydrogen) atoms. The van der Waals surface area contributed by atoms with Gasteiger partial charge in [-0.1, -0.05) is 18.2 Å². The summed E-state index contributed by atoms with van der Waals surface area (Å²) < 4.78 is 5.42. The van der Waals surface area contributed by atoms with E-state index in [1.54, 1.807) is 24.3 Å². The van der Waals surface area contributed by atoms with Crippen molar-refractivity contribution >= 4 is 17.5 Å². The van der Waals surface area contributed by atoms with Crippen molar-refractivity contribution in [2.24, 2.45) is 5.73 Å². The summed E-state index contributed by atoms with van der Waals surface area (Å²) in [5.74, 6) is -0.116. The summed E-state index contributed by atoms with van der Waals surface area (Å²) in [5, 5.41) is 2.88. The first-order valence-corrected chi connectivity index (χ1v) is 9.93. The lowest BCUT2D eigenvalue weighted by atomic mass is 10.2. The predicted octanol–water partition coefficient (Wildman–Crippen LogP) is 1.49. The molecule has 0 aromatic heterocycles. The minimum Gasteiger partial charge on any atom is -0.484 e. The Morgan fingerprint density at radius 2 is 1.66 bits per heavy atom. The van der Waals surface area contributed by atoms with Crippen LogP contribution in [0, 0.1) is 0 Å². The number of carbonyl (C=O) groups excluding carboxylic acids is 2. The van der Waals surface area contributed by atoms with Gasteiger partial charge in [0.25, 0.3) is 5.91 Å². The second-order valence-corrected chi connectivity index (χ2v) is 7.05. The maximum Gasteiger partial charge on any atom is 0.257 e. The zero-order valence-corrected chi connectivity index (χ0v) is 16.5. The van der Waals surface area contributed by atoms with Crippen LogP contribution in [0.25, 0.3) is 0 Å². The number of nitrogens with zero attached hydrogens (tertiary/aromatic N) is 2. The van der Waals surface area contributed by atoms with Crippen molar-refractivity contribution in [3.8, 4) is 5.75 Å². The lowest BCUT2D eigenvalue weighted by molar-refractivity contribution is -0.123. The molecule has 7 heteroatoms. The van der Waals surface area contributed by atoms with Gasteiger partial charge in [0.15, 0.2) is 6.61 Å². The Morgan fingerprint density at radius 3 is 2.31 bits per heavy atom. The summed E-state index contributed by atoms with van der Waals surface area (Å²) in [7, 11) is 0. The van der Waals surface area contributed by atoms with E-state index in [-0.39, 0.29) is 12.5 Å². The smallest absolute Gasteiger partial charge is 0.257 e. The van der Waals surface area contributed by atoms with Crippen molar-refractivity contribution in [2.45, 2.75) is 6.42 Å². The van der Waals surface area contributed by atoms with Crippen molar-refractivity contribution in [3.63, 3.8) is 0 Å². The Hall–Kier alpha value is -3.06. The molecule has 1 saturated heterocycles. The molecule has 1 heterocycles. The number of nitrogens with one attached hydrogen (secondary N) is 1. The number of para-hydroxylation sites is 1. The van der Waals surface area contributed by atoms with Gasteiger partial charge in [-0.3, -0.25) is 14.5 Å². The van der Waals surface area contributed by atoms with Crippen LogP contribution < -0.4 is 20.7 Å². The number of hydrogen-bond acceptors (Lipinski definition) is 5. The molecule has 3 N–H and O–H groups in total. The van der Waals surface area contributed by atoms with E-state index in [2.05, 4.69) is 39.4 Å². The Balaban J connectivity index is 1.27. The summed E-state index contributed by atoms with van der Waals surface area (Å²) >= 11 is 0. The van der Waals surface area contributed by atoms with Gasteiger partial charge in [0.2, 0.25) is 5.91 Å². The number of primary amides is 1. The van der Waals surface area contributed by atoms with E-state index in [9.17, 15) is 9.59 Å². The Morgan fingerprint density at radius 1 is 0.966 bits per heavy atom. The van der Waals surface area contributed by atoms with Gasteiger partial charge in [-0.05, 0) is 49.4 Å². The fourth-order valence-corrected chi connectivity index (χ4v) is 3.31.